The van der Waals surface area contributed by atoms with Crippen LogP contribution in [0.3, 0.4) is 0 Å². The lowest BCUT2D eigenvalue weighted by Gasteiger charge is -2.04. The Bertz CT molecular complexity index is 818. The summed E-state index contributed by atoms with van der Waals surface area (Å²) in [6.07, 6.45) is 1.70. The predicted octanol–water partition coefficient (Wildman–Crippen LogP) is 3.42. The number of nitrogens with zero attached hydrogens (tertiary/aromatic N) is 1. The van der Waals surface area contributed by atoms with Gasteiger partial charge in [-0.25, -0.2) is 4.98 Å². The Kier molecular flexibility index (Phi) is 2.99. The molecule has 3 aromatic rings. The molecule has 0 saturated heterocycles. The summed E-state index contributed by atoms with van der Waals surface area (Å²) in [6, 6.07) is 10.0. The van der Waals surface area contributed by atoms with Crippen LogP contribution >= 0.6 is 0 Å². The van der Waals surface area contributed by atoms with Gasteiger partial charge in [0, 0.05) is 23.2 Å². The van der Waals surface area contributed by atoms with Crippen molar-refractivity contribution < 1.29 is 9.53 Å². The highest BCUT2D eigenvalue weighted by Crippen LogP contribution is 2.28. The van der Waals surface area contributed by atoms with E-state index >= 15 is 0 Å². The number of nitrogens with one attached hydrogen (secondary N) is 1. The van der Waals surface area contributed by atoms with Crippen LogP contribution in [-0.2, 0) is 16.1 Å². The fourth-order valence-electron chi connectivity index (χ4n) is 2.32. The third-order valence-corrected chi connectivity index (χ3v) is 3.19. The average molecular weight is 266 g/mol. The molecule has 0 aliphatic heterocycles. The van der Waals surface area contributed by atoms with Gasteiger partial charge in [0.25, 0.3) is 0 Å². The molecule has 0 bridgehead atoms. The minimum absolute atomic E-state index is 0.172. The zero-order valence-electron chi connectivity index (χ0n) is 11.1. The molecule has 0 aliphatic rings. The Hall–Kier alpha value is -2.62. The smallest absolute Gasteiger partial charge is 0.303 e. The summed E-state index contributed by atoms with van der Waals surface area (Å²) in [5.41, 5.74) is 3.48. The van der Waals surface area contributed by atoms with Crippen LogP contribution in [0.5, 0.6) is 0 Å². The van der Waals surface area contributed by atoms with Gasteiger partial charge in [-0.05, 0) is 18.2 Å². The quantitative estimate of drug-likeness (QED) is 0.739. The summed E-state index contributed by atoms with van der Waals surface area (Å²) in [7, 11) is 0. The highest BCUT2D eigenvalue weighted by Gasteiger charge is 2.10. The van der Waals surface area contributed by atoms with E-state index in [9.17, 15) is 4.79 Å². The Labute approximate surface area is 116 Å². The number of aromatic nitrogens is 2. The number of esters is 1. The van der Waals surface area contributed by atoms with Crippen molar-refractivity contribution in [3.05, 3.63) is 48.3 Å². The molecule has 0 spiro atoms. The van der Waals surface area contributed by atoms with Crippen LogP contribution in [-0.4, -0.2) is 15.9 Å². The maximum absolute atomic E-state index is 10.9. The number of benzene rings is 1. The van der Waals surface area contributed by atoms with Gasteiger partial charge in [0.1, 0.15) is 6.61 Å². The van der Waals surface area contributed by atoms with E-state index in [1.165, 1.54) is 6.92 Å². The Morgan fingerprint density at radius 3 is 2.95 bits per heavy atom. The van der Waals surface area contributed by atoms with Gasteiger partial charge in [-0.2, -0.15) is 0 Å². The van der Waals surface area contributed by atoms with Crippen molar-refractivity contribution in [3.8, 4) is 0 Å². The van der Waals surface area contributed by atoms with Crippen molar-refractivity contribution in [2.45, 2.75) is 13.5 Å². The molecule has 2 heterocycles. The van der Waals surface area contributed by atoms with Crippen molar-refractivity contribution in [2.24, 2.45) is 0 Å². The lowest BCUT2D eigenvalue weighted by atomic mass is 10.1. The molecule has 0 saturated carbocycles. The maximum Gasteiger partial charge on any atom is 0.303 e. The van der Waals surface area contributed by atoms with Gasteiger partial charge in [-0.15, -0.1) is 0 Å². The molecule has 0 radical (unpaired) electrons. The lowest BCUT2D eigenvalue weighted by Crippen LogP contribution is -2.01. The summed E-state index contributed by atoms with van der Waals surface area (Å²) >= 11 is 0. The van der Waals surface area contributed by atoms with E-state index in [1.54, 1.807) is 6.08 Å². The van der Waals surface area contributed by atoms with Crippen LogP contribution in [0.15, 0.2) is 36.9 Å². The molecule has 4 heteroatoms. The molecule has 0 amide bonds. The van der Waals surface area contributed by atoms with Crippen molar-refractivity contribution in [3.63, 3.8) is 0 Å². The predicted molar refractivity (Wildman–Crippen MR) is 79.2 cm³/mol. The summed E-state index contributed by atoms with van der Waals surface area (Å²) in [5, 5.41) is 2.18. The van der Waals surface area contributed by atoms with E-state index < -0.39 is 0 Å². The molecule has 4 nitrogen and oxygen atoms in total. The highest BCUT2D eigenvalue weighted by molar-refractivity contribution is 6.09. The number of aromatic amines is 1. The van der Waals surface area contributed by atoms with Crippen molar-refractivity contribution in [1.82, 2.24) is 9.97 Å². The molecular formula is C16H14N2O2. The van der Waals surface area contributed by atoms with E-state index in [0.29, 0.717) is 5.69 Å². The molecule has 0 fully saturated rings. The molecule has 0 unspecified atom stereocenters. The zero-order chi connectivity index (χ0) is 14.1. The van der Waals surface area contributed by atoms with Crippen LogP contribution in [0.2, 0.25) is 0 Å². The van der Waals surface area contributed by atoms with Gasteiger partial charge in [0.15, 0.2) is 0 Å². The first kappa shape index (κ1) is 12.4. The Morgan fingerprint density at radius 1 is 1.40 bits per heavy atom. The van der Waals surface area contributed by atoms with E-state index in [-0.39, 0.29) is 12.6 Å². The largest absolute Gasteiger partial charge is 0.459 e. The van der Waals surface area contributed by atoms with Crippen molar-refractivity contribution >= 4 is 33.9 Å². The fourth-order valence-corrected chi connectivity index (χ4v) is 2.32. The second kappa shape index (κ2) is 4.81. The fraction of sp³-hybridized carbons (Fsp3) is 0.125. The molecule has 3 rings (SSSR count). The van der Waals surface area contributed by atoms with Gasteiger partial charge in [-0.1, -0.05) is 24.8 Å². The number of carbonyl (C=O) groups excluding carboxylic acids is 1. The number of ether oxygens (including phenoxy) is 1. The summed E-state index contributed by atoms with van der Waals surface area (Å²) in [5.74, 6) is -0.314. The van der Waals surface area contributed by atoms with E-state index in [0.717, 1.165) is 27.5 Å². The molecule has 20 heavy (non-hydrogen) atoms. The molecule has 1 aromatic carbocycles. The van der Waals surface area contributed by atoms with Crippen LogP contribution in [0.4, 0.5) is 0 Å². The number of fused-ring (bicyclic) bond motifs is 3. The first-order chi connectivity index (χ1) is 9.69. The summed E-state index contributed by atoms with van der Waals surface area (Å²) < 4.78 is 5.02. The number of carbonyl (C=O) groups is 1. The van der Waals surface area contributed by atoms with E-state index in [1.807, 2.05) is 24.3 Å². The third kappa shape index (κ3) is 2.05. The summed E-state index contributed by atoms with van der Waals surface area (Å²) in [6.45, 7) is 5.36. The van der Waals surface area contributed by atoms with Crippen LogP contribution < -0.4 is 0 Å². The van der Waals surface area contributed by atoms with Crippen LogP contribution in [0.1, 0.15) is 18.3 Å². The molecule has 100 valence electrons. The molecule has 0 atom stereocenters. The van der Waals surface area contributed by atoms with Gasteiger partial charge in [0.2, 0.25) is 0 Å². The van der Waals surface area contributed by atoms with Gasteiger partial charge >= 0.3 is 5.97 Å². The van der Waals surface area contributed by atoms with Crippen molar-refractivity contribution in [1.29, 1.82) is 0 Å². The highest BCUT2D eigenvalue weighted by atomic mass is 16.5. The number of pyridine rings is 1. The molecule has 2 aromatic heterocycles. The molecule has 0 aliphatic carbocycles. The summed E-state index contributed by atoms with van der Waals surface area (Å²) in [4.78, 5) is 18.7. The lowest BCUT2D eigenvalue weighted by molar-refractivity contribution is -0.142. The minimum atomic E-state index is -0.314. The molecule has 1 N–H and O–H groups in total. The third-order valence-electron chi connectivity index (χ3n) is 3.19. The Morgan fingerprint density at radius 2 is 2.20 bits per heavy atom. The van der Waals surface area contributed by atoms with E-state index in [2.05, 4.69) is 22.6 Å². The van der Waals surface area contributed by atoms with Crippen LogP contribution in [0.25, 0.3) is 27.9 Å². The topological polar surface area (TPSA) is 55.0 Å². The Balaban J connectivity index is 2.22. The van der Waals surface area contributed by atoms with Crippen LogP contribution in [0, 0.1) is 0 Å². The molecular weight excluding hydrogens is 252 g/mol. The number of para-hydroxylation sites is 1. The van der Waals surface area contributed by atoms with Gasteiger partial charge in [-0.3, -0.25) is 4.79 Å². The maximum atomic E-state index is 10.9. The second-order valence-corrected chi connectivity index (χ2v) is 4.58. The number of rotatable bonds is 3. The first-order valence-corrected chi connectivity index (χ1v) is 6.35. The normalized spacial score (nSPS) is 10.8. The standard InChI is InChI=1S/C16H14N2O2/c1-3-14-16-13(8-11(17-14)9-20-10(2)19)12-6-4-5-7-15(12)18-16/h3-8,18H,1,9H2,2H3. The average Bonchev–Trinajstić information content (AvgIpc) is 2.83. The monoisotopic (exact) mass is 266 g/mol. The number of H-pyrrole nitrogens is 1. The van der Waals surface area contributed by atoms with Gasteiger partial charge < -0.3 is 9.72 Å². The van der Waals surface area contributed by atoms with Gasteiger partial charge in [0.05, 0.1) is 16.9 Å². The van der Waals surface area contributed by atoms with Crippen molar-refractivity contribution in [2.75, 3.05) is 0 Å². The van der Waals surface area contributed by atoms with E-state index in [4.69, 9.17) is 4.74 Å². The number of hydrogen-bond acceptors (Lipinski definition) is 3. The number of hydrogen-bond donors (Lipinski definition) is 1. The second-order valence-electron chi connectivity index (χ2n) is 4.58. The first-order valence-electron chi connectivity index (χ1n) is 6.35. The minimum Gasteiger partial charge on any atom is -0.459 e. The zero-order valence-corrected chi connectivity index (χ0v) is 11.1. The SMILES string of the molecule is C=Cc1nc(COC(C)=O)cc2c1[nH]c1ccccc12.